The van der Waals surface area contributed by atoms with E-state index in [1.54, 1.807) is 0 Å². The molecule has 0 aromatic heterocycles. The van der Waals surface area contributed by atoms with Crippen LogP contribution in [0.4, 0.5) is 0 Å². The molecule has 27 heavy (non-hydrogen) atoms. The van der Waals surface area contributed by atoms with Gasteiger partial charge in [0.15, 0.2) is 0 Å². The molecule has 2 fully saturated rings. The first-order chi connectivity index (χ1) is 13.1. The first-order valence-corrected chi connectivity index (χ1v) is 10.6. The van der Waals surface area contributed by atoms with Gasteiger partial charge in [-0.05, 0) is 90.5 Å². The second-order valence-electron chi connectivity index (χ2n) is 9.21. The SMILES string of the molecule is C[C@]12CC[C@@H]3c4ccc(O)cc4CC[C@H]3[C@@H]1CCC2OCc1ccccc1. The number of phenolic OH excluding ortho intramolecular Hbond substituents is 1. The molecule has 0 radical (unpaired) electrons. The van der Waals surface area contributed by atoms with Crippen LogP contribution in [0.25, 0.3) is 0 Å². The second kappa shape index (κ2) is 6.67. The summed E-state index contributed by atoms with van der Waals surface area (Å²) in [6, 6.07) is 16.7. The molecule has 0 heterocycles. The van der Waals surface area contributed by atoms with Gasteiger partial charge in [-0.3, -0.25) is 0 Å². The van der Waals surface area contributed by atoms with Gasteiger partial charge in [-0.15, -0.1) is 0 Å². The molecule has 3 aliphatic carbocycles. The van der Waals surface area contributed by atoms with Crippen molar-refractivity contribution in [3.05, 3.63) is 65.2 Å². The van der Waals surface area contributed by atoms with Crippen molar-refractivity contribution in [2.75, 3.05) is 0 Å². The van der Waals surface area contributed by atoms with Gasteiger partial charge < -0.3 is 9.84 Å². The van der Waals surface area contributed by atoms with Gasteiger partial charge in [0.1, 0.15) is 5.75 Å². The number of rotatable bonds is 3. The van der Waals surface area contributed by atoms with Crippen LogP contribution in [0.1, 0.15) is 61.6 Å². The monoisotopic (exact) mass is 362 g/mol. The zero-order chi connectivity index (χ0) is 18.4. The van der Waals surface area contributed by atoms with Gasteiger partial charge in [-0.2, -0.15) is 0 Å². The maximum Gasteiger partial charge on any atom is 0.115 e. The molecule has 0 bridgehead atoms. The summed E-state index contributed by atoms with van der Waals surface area (Å²) in [4.78, 5) is 0. The fourth-order valence-corrected chi connectivity index (χ4v) is 6.57. The molecule has 5 atom stereocenters. The quantitative estimate of drug-likeness (QED) is 0.744. The molecule has 2 heteroatoms. The first kappa shape index (κ1) is 17.3. The molecule has 3 aliphatic rings. The van der Waals surface area contributed by atoms with E-state index in [2.05, 4.69) is 43.3 Å². The Hall–Kier alpha value is -1.80. The summed E-state index contributed by atoms with van der Waals surface area (Å²) in [6.45, 7) is 3.24. The van der Waals surface area contributed by atoms with Crippen LogP contribution in [0.3, 0.4) is 0 Å². The Morgan fingerprint density at radius 2 is 1.89 bits per heavy atom. The van der Waals surface area contributed by atoms with Crippen molar-refractivity contribution in [3.8, 4) is 5.75 Å². The summed E-state index contributed by atoms with van der Waals surface area (Å²) < 4.78 is 6.49. The zero-order valence-electron chi connectivity index (χ0n) is 16.2. The molecular formula is C25H30O2. The molecule has 1 N–H and O–H groups in total. The molecule has 2 aromatic carbocycles. The molecular weight excluding hydrogens is 332 g/mol. The van der Waals surface area contributed by atoms with Gasteiger partial charge >= 0.3 is 0 Å². The van der Waals surface area contributed by atoms with Crippen LogP contribution >= 0.6 is 0 Å². The van der Waals surface area contributed by atoms with Gasteiger partial charge in [0.25, 0.3) is 0 Å². The number of hydrogen-bond donors (Lipinski definition) is 1. The highest BCUT2D eigenvalue weighted by Crippen LogP contribution is 2.61. The number of benzene rings is 2. The Morgan fingerprint density at radius 1 is 1.04 bits per heavy atom. The van der Waals surface area contributed by atoms with E-state index in [4.69, 9.17) is 4.74 Å². The highest BCUT2D eigenvalue weighted by atomic mass is 16.5. The van der Waals surface area contributed by atoms with Crippen molar-refractivity contribution < 1.29 is 9.84 Å². The Bertz CT molecular complexity index is 814. The van der Waals surface area contributed by atoms with Crippen LogP contribution in [-0.2, 0) is 17.8 Å². The fraction of sp³-hybridized carbons (Fsp3) is 0.520. The van der Waals surface area contributed by atoms with Crippen LogP contribution in [0, 0.1) is 17.3 Å². The summed E-state index contributed by atoms with van der Waals surface area (Å²) in [7, 11) is 0. The smallest absolute Gasteiger partial charge is 0.115 e. The van der Waals surface area contributed by atoms with E-state index in [9.17, 15) is 5.11 Å². The van der Waals surface area contributed by atoms with E-state index >= 15 is 0 Å². The minimum Gasteiger partial charge on any atom is -0.508 e. The summed E-state index contributed by atoms with van der Waals surface area (Å²) >= 11 is 0. The summed E-state index contributed by atoms with van der Waals surface area (Å²) in [5.41, 5.74) is 4.50. The predicted molar refractivity (Wildman–Crippen MR) is 108 cm³/mol. The Balaban J connectivity index is 1.34. The predicted octanol–water partition coefficient (Wildman–Crippen LogP) is 5.83. The van der Waals surface area contributed by atoms with Gasteiger partial charge in [0.05, 0.1) is 12.7 Å². The average Bonchev–Trinajstić information content (AvgIpc) is 3.03. The lowest BCUT2D eigenvalue weighted by molar-refractivity contribution is -0.0707. The maximum atomic E-state index is 9.85. The molecule has 0 spiro atoms. The van der Waals surface area contributed by atoms with Crippen molar-refractivity contribution in [1.82, 2.24) is 0 Å². The number of aromatic hydroxyl groups is 1. The van der Waals surface area contributed by atoms with E-state index in [1.807, 2.05) is 12.1 Å². The number of aryl methyl sites for hydroxylation is 1. The van der Waals surface area contributed by atoms with Gasteiger partial charge in [-0.1, -0.05) is 43.3 Å². The van der Waals surface area contributed by atoms with Crippen LogP contribution < -0.4 is 0 Å². The third-order valence-electron chi connectivity index (χ3n) is 7.92. The van der Waals surface area contributed by atoms with Crippen LogP contribution in [-0.4, -0.2) is 11.2 Å². The Kier molecular flexibility index (Phi) is 4.27. The van der Waals surface area contributed by atoms with Gasteiger partial charge in [0, 0.05) is 0 Å². The van der Waals surface area contributed by atoms with E-state index in [0.29, 0.717) is 23.2 Å². The highest BCUT2D eigenvalue weighted by molar-refractivity contribution is 5.40. The highest BCUT2D eigenvalue weighted by Gasteiger charge is 2.55. The van der Waals surface area contributed by atoms with Crippen LogP contribution in [0.15, 0.2) is 48.5 Å². The van der Waals surface area contributed by atoms with E-state index < -0.39 is 0 Å². The van der Waals surface area contributed by atoms with E-state index in [0.717, 1.165) is 24.9 Å². The largest absolute Gasteiger partial charge is 0.508 e. The standard InChI is InChI=1S/C25H30O2/c1-25-14-13-21-20-10-8-19(26)15-18(20)7-9-22(21)23(25)11-12-24(25)27-16-17-5-3-2-4-6-17/h2-6,8,10,15,21-24,26H,7,9,11-14,16H2,1H3/t21-,22-,23+,24?,25+/m1/s1. The molecule has 2 aromatic rings. The minimum atomic E-state index is 0.324. The summed E-state index contributed by atoms with van der Waals surface area (Å²) in [6.07, 6.45) is 7.83. The Morgan fingerprint density at radius 3 is 2.74 bits per heavy atom. The zero-order valence-corrected chi connectivity index (χ0v) is 16.2. The van der Waals surface area contributed by atoms with Gasteiger partial charge in [-0.25, -0.2) is 0 Å². The van der Waals surface area contributed by atoms with Crippen molar-refractivity contribution in [1.29, 1.82) is 0 Å². The lowest BCUT2D eigenvalue weighted by Gasteiger charge is -2.50. The van der Waals surface area contributed by atoms with Crippen LogP contribution in [0.5, 0.6) is 5.75 Å². The number of ether oxygens (including phenoxy) is 1. The average molecular weight is 363 g/mol. The maximum absolute atomic E-state index is 9.85. The normalized spacial score (nSPS) is 34.6. The topological polar surface area (TPSA) is 29.5 Å². The number of hydrogen-bond acceptors (Lipinski definition) is 2. The van der Waals surface area contributed by atoms with Crippen molar-refractivity contribution in [2.24, 2.45) is 17.3 Å². The third-order valence-corrected chi connectivity index (χ3v) is 7.92. The molecule has 5 rings (SSSR count). The number of fused-ring (bicyclic) bond motifs is 5. The second-order valence-corrected chi connectivity index (χ2v) is 9.21. The minimum absolute atomic E-state index is 0.324. The first-order valence-electron chi connectivity index (χ1n) is 10.6. The summed E-state index contributed by atoms with van der Waals surface area (Å²) in [5.74, 6) is 2.66. The molecule has 0 amide bonds. The lowest BCUT2D eigenvalue weighted by atomic mass is 9.55. The molecule has 0 saturated heterocycles. The third kappa shape index (κ3) is 2.89. The molecule has 1 unspecified atom stereocenters. The molecule has 2 saturated carbocycles. The van der Waals surface area contributed by atoms with Crippen molar-refractivity contribution >= 4 is 0 Å². The fourth-order valence-electron chi connectivity index (χ4n) is 6.57. The molecule has 2 nitrogen and oxygen atoms in total. The number of phenols is 1. The van der Waals surface area contributed by atoms with E-state index in [-0.39, 0.29) is 0 Å². The summed E-state index contributed by atoms with van der Waals surface area (Å²) in [5, 5.41) is 9.85. The molecule has 142 valence electrons. The van der Waals surface area contributed by atoms with Crippen molar-refractivity contribution in [2.45, 2.75) is 64.1 Å². The van der Waals surface area contributed by atoms with Crippen LogP contribution in [0.2, 0.25) is 0 Å². The van der Waals surface area contributed by atoms with Crippen molar-refractivity contribution in [3.63, 3.8) is 0 Å². The molecule has 0 aliphatic heterocycles. The van der Waals surface area contributed by atoms with Gasteiger partial charge in [0.2, 0.25) is 0 Å². The Labute approximate surface area is 162 Å². The lowest BCUT2D eigenvalue weighted by Crippen LogP contribution is -2.44. The van der Waals surface area contributed by atoms with E-state index in [1.165, 1.54) is 48.8 Å².